The molecular weight excluding hydrogens is 338 g/mol. The summed E-state index contributed by atoms with van der Waals surface area (Å²) in [6, 6.07) is 8.06. The van der Waals surface area contributed by atoms with Crippen molar-refractivity contribution < 1.29 is 9.84 Å². The maximum Gasteiger partial charge on any atom is 0.292 e. The Balaban J connectivity index is 1.84. The molecule has 5 heteroatoms. The molecule has 0 unspecified atom stereocenters. The van der Waals surface area contributed by atoms with Crippen molar-refractivity contribution in [3.05, 3.63) is 65.9 Å². The number of ether oxygens (including phenoxy) is 1. The molecule has 1 aliphatic heterocycles. The van der Waals surface area contributed by atoms with Crippen molar-refractivity contribution in [2.45, 2.75) is 39.2 Å². The fraction of sp³-hybridized carbons (Fsp3) is 0.409. The van der Waals surface area contributed by atoms with Crippen LogP contribution in [0.5, 0.6) is 5.75 Å². The molecule has 0 amide bonds. The molecule has 5 nitrogen and oxygen atoms in total. The van der Waals surface area contributed by atoms with E-state index in [1.807, 2.05) is 38.1 Å². The van der Waals surface area contributed by atoms with E-state index in [-0.39, 0.29) is 12.1 Å². The van der Waals surface area contributed by atoms with Crippen molar-refractivity contribution >= 4 is 6.02 Å². The van der Waals surface area contributed by atoms with Gasteiger partial charge in [0.25, 0.3) is 6.02 Å². The first-order valence-electron chi connectivity index (χ1n) is 9.45. The van der Waals surface area contributed by atoms with Gasteiger partial charge in [-0.1, -0.05) is 36.4 Å². The summed E-state index contributed by atoms with van der Waals surface area (Å²) < 4.78 is 5.59. The van der Waals surface area contributed by atoms with Crippen LogP contribution < -0.4 is 10.5 Å². The number of aliphatic hydroxyl groups excluding tert-OH is 1. The van der Waals surface area contributed by atoms with Gasteiger partial charge in [0.1, 0.15) is 5.75 Å². The molecule has 1 saturated heterocycles. The van der Waals surface area contributed by atoms with Crippen molar-refractivity contribution in [2.24, 2.45) is 10.7 Å². The van der Waals surface area contributed by atoms with E-state index in [9.17, 15) is 5.11 Å². The van der Waals surface area contributed by atoms with Gasteiger partial charge in [0.2, 0.25) is 0 Å². The van der Waals surface area contributed by atoms with Gasteiger partial charge in [-0.15, -0.1) is 0 Å². The highest BCUT2D eigenvalue weighted by Gasteiger charge is 2.16. The number of hydrogen-bond acceptors (Lipinski definition) is 4. The normalized spacial score (nSPS) is 17.8. The molecule has 1 aromatic rings. The molecule has 1 aromatic carbocycles. The minimum atomic E-state index is -0.120. The fourth-order valence-electron chi connectivity index (χ4n) is 2.83. The van der Waals surface area contributed by atoms with E-state index in [1.165, 1.54) is 5.56 Å². The number of likely N-dealkylation sites (tertiary alicyclic amines) is 1. The molecule has 0 saturated carbocycles. The lowest BCUT2D eigenvalue weighted by Gasteiger charge is -2.29. The van der Waals surface area contributed by atoms with E-state index >= 15 is 0 Å². The summed E-state index contributed by atoms with van der Waals surface area (Å²) in [5.74, 6) is 0.673. The Bertz CT molecular complexity index is 697. The third kappa shape index (κ3) is 7.81. The predicted molar refractivity (Wildman–Crippen MR) is 112 cm³/mol. The topological polar surface area (TPSA) is 71.1 Å². The van der Waals surface area contributed by atoms with Crippen LogP contribution in [0.25, 0.3) is 0 Å². The molecule has 1 heterocycles. The summed E-state index contributed by atoms with van der Waals surface area (Å²) in [5, 5.41) is 9.56. The summed E-state index contributed by atoms with van der Waals surface area (Å²) in [4.78, 5) is 6.63. The zero-order valence-electron chi connectivity index (χ0n) is 16.4. The maximum absolute atomic E-state index is 9.56. The van der Waals surface area contributed by atoms with Gasteiger partial charge in [-0.05, 0) is 56.9 Å². The highest BCUT2D eigenvalue weighted by atomic mass is 16.5. The van der Waals surface area contributed by atoms with E-state index in [0.717, 1.165) is 50.2 Å². The molecule has 1 aliphatic rings. The molecule has 0 bridgehead atoms. The third-order valence-electron chi connectivity index (χ3n) is 4.62. The molecule has 0 atom stereocenters. The van der Waals surface area contributed by atoms with Gasteiger partial charge < -0.3 is 20.5 Å². The Kier molecular flexibility index (Phi) is 8.30. The highest BCUT2D eigenvalue weighted by molar-refractivity contribution is 5.75. The minimum absolute atomic E-state index is 0.119. The van der Waals surface area contributed by atoms with Gasteiger partial charge in [-0.2, -0.15) is 0 Å². The van der Waals surface area contributed by atoms with Crippen molar-refractivity contribution in [2.75, 3.05) is 19.6 Å². The standard InChI is InChI=1S/C22H31N3O2/c1-4-17(2)5-6-18(3)24-22(23)27-21-9-7-19(8-10-21)11-14-25-15-12-20(26)13-16-25/h4-10,20,26H,1,11-16H2,2-3H3,(H2,23,24)/b17-5-,18-6+. The van der Waals surface area contributed by atoms with Crippen molar-refractivity contribution in [3.63, 3.8) is 0 Å². The Morgan fingerprint density at radius 3 is 2.56 bits per heavy atom. The zero-order valence-corrected chi connectivity index (χ0v) is 16.4. The Labute approximate surface area is 162 Å². The van der Waals surface area contributed by atoms with Crippen molar-refractivity contribution in [3.8, 4) is 5.75 Å². The summed E-state index contributed by atoms with van der Waals surface area (Å²) in [6.07, 6.45) is 8.20. The predicted octanol–water partition coefficient (Wildman–Crippen LogP) is 3.42. The first-order chi connectivity index (χ1) is 13.0. The second kappa shape index (κ2) is 10.7. The van der Waals surface area contributed by atoms with Gasteiger partial charge in [-0.25, -0.2) is 4.99 Å². The molecular formula is C22H31N3O2. The molecule has 146 valence electrons. The maximum atomic E-state index is 9.56. The molecule has 2 rings (SSSR count). The van der Waals surface area contributed by atoms with Crippen LogP contribution in [0.2, 0.25) is 0 Å². The largest absolute Gasteiger partial charge is 0.426 e. The first kappa shape index (κ1) is 20.9. The van der Waals surface area contributed by atoms with Crippen LogP contribution in [0.4, 0.5) is 0 Å². The van der Waals surface area contributed by atoms with Gasteiger partial charge in [0.15, 0.2) is 0 Å². The van der Waals surface area contributed by atoms with Crippen LogP contribution in [0.15, 0.2) is 65.3 Å². The van der Waals surface area contributed by atoms with Gasteiger partial charge in [-0.3, -0.25) is 0 Å². The number of rotatable bonds is 7. The van der Waals surface area contributed by atoms with Crippen LogP contribution >= 0.6 is 0 Å². The third-order valence-corrected chi connectivity index (χ3v) is 4.62. The number of amidine groups is 1. The average Bonchev–Trinajstić information content (AvgIpc) is 2.66. The first-order valence-corrected chi connectivity index (χ1v) is 9.45. The second-order valence-electron chi connectivity index (χ2n) is 6.94. The lowest BCUT2D eigenvalue weighted by molar-refractivity contribution is 0.0832. The molecule has 0 aliphatic carbocycles. The number of piperidine rings is 1. The lowest BCUT2D eigenvalue weighted by Crippen LogP contribution is -2.37. The van der Waals surface area contributed by atoms with Crippen LogP contribution in [0.1, 0.15) is 32.3 Å². The van der Waals surface area contributed by atoms with Crippen LogP contribution in [-0.4, -0.2) is 41.8 Å². The van der Waals surface area contributed by atoms with Crippen molar-refractivity contribution in [1.82, 2.24) is 4.90 Å². The van der Waals surface area contributed by atoms with Crippen LogP contribution in [-0.2, 0) is 6.42 Å². The molecule has 0 spiro atoms. The monoisotopic (exact) mass is 369 g/mol. The smallest absolute Gasteiger partial charge is 0.292 e. The fourth-order valence-corrected chi connectivity index (χ4v) is 2.83. The average molecular weight is 370 g/mol. The van der Waals surface area contributed by atoms with E-state index in [2.05, 4.69) is 28.6 Å². The quantitative estimate of drug-likeness (QED) is 0.439. The number of allylic oxidation sites excluding steroid dienone is 5. The highest BCUT2D eigenvalue weighted by Crippen LogP contribution is 2.15. The Morgan fingerprint density at radius 1 is 1.26 bits per heavy atom. The molecule has 27 heavy (non-hydrogen) atoms. The van der Waals surface area contributed by atoms with Crippen LogP contribution in [0.3, 0.4) is 0 Å². The number of nitrogens with zero attached hydrogens (tertiary/aromatic N) is 2. The molecule has 1 fully saturated rings. The minimum Gasteiger partial charge on any atom is -0.426 e. The number of benzene rings is 1. The molecule has 0 aromatic heterocycles. The van der Waals surface area contributed by atoms with E-state index in [0.29, 0.717) is 5.75 Å². The SMILES string of the molecule is C=C/C(C)=C\C=C(/C)N=C(N)Oc1ccc(CCN2CCC(O)CC2)cc1. The molecule has 0 radical (unpaired) electrons. The van der Waals surface area contributed by atoms with Gasteiger partial charge in [0, 0.05) is 25.3 Å². The Hall–Kier alpha value is -2.37. The lowest BCUT2D eigenvalue weighted by atomic mass is 10.1. The number of aliphatic imine (C=N–C) groups is 1. The van der Waals surface area contributed by atoms with E-state index < -0.39 is 0 Å². The number of hydrogen-bond donors (Lipinski definition) is 2. The van der Waals surface area contributed by atoms with Crippen LogP contribution in [0, 0.1) is 0 Å². The van der Waals surface area contributed by atoms with E-state index in [1.54, 1.807) is 6.08 Å². The van der Waals surface area contributed by atoms with Gasteiger partial charge in [0.05, 0.1) is 6.10 Å². The van der Waals surface area contributed by atoms with Gasteiger partial charge >= 0.3 is 0 Å². The summed E-state index contributed by atoms with van der Waals surface area (Å²) in [7, 11) is 0. The summed E-state index contributed by atoms with van der Waals surface area (Å²) in [6.45, 7) is 10.5. The second-order valence-corrected chi connectivity index (χ2v) is 6.94. The summed E-state index contributed by atoms with van der Waals surface area (Å²) in [5.41, 5.74) is 8.94. The zero-order chi connectivity index (χ0) is 19.6. The van der Waals surface area contributed by atoms with E-state index in [4.69, 9.17) is 10.5 Å². The Morgan fingerprint density at radius 2 is 1.93 bits per heavy atom. The molecule has 3 N–H and O–H groups in total. The number of aliphatic hydroxyl groups is 1. The van der Waals surface area contributed by atoms with Crippen molar-refractivity contribution in [1.29, 1.82) is 0 Å². The summed E-state index contributed by atoms with van der Waals surface area (Å²) >= 11 is 0. The number of nitrogens with two attached hydrogens (primary N) is 1.